The van der Waals surface area contributed by atoms with E-state index in [1.807, 2.05) is 29.2 Å². The van der Waals surface area contributed by atoms with Crippen LogP contribution in [0.15, 0.2) is 48.8 Å². The van der Waals surface area contributed by atoms with Crippen molar-refractivity contribution in [1.29, 1.82) is 0 Å². The molecule has 0 bridgehead atoms. The summed E-state index contributed by atoms with van der Waals surface area (Å²) >= 11 is 5.88. The summed E-state index contributed by atoms with van der Waals surface area (Å²) in [5, 5.41) is 4.99. The number of hydrogen-bond donors (Lipinski definition) is 0. The van der Waals surface area contributed by atoms with E-state index in [1.54, 1.807) is 29.0 Å². The summed E-state index contributed by atoms with van der Waals surface area (Å²) in [4.78, 5) is 18.7. The van der Waals surface area contributed by atoms with Gasteiger partial charge in [0, 0.05) is 49.4 Å². The van der Waals surface area contributed by atoms with E-state index in [0.717, 1.165) is 18.6 Å². The van der Waals surface area contributed by atoms with Crippen LogP contribution in [0.5, 0.6) is 5.75 Å². The van der Waals surface area contributed by atoms with E-state index in [4.69, 9.17) is 16.3 Å². The van der Waals surface area contributed by atoms with Crippen LogP contribution < -0.4 is 4.74 Å². The second-order valence-electron chi connectivity index (χ2n) is 6.02. The number of fused-ring (bicyclic) bond motifs is 1. The molecule has 1 aromatic carbocycles. The molecule has 7 heteroatoms. The lowest BCUT2D eigenvalue weighted by Gasteiger charge is -2.31. The summed E-state index contributed by atoms with van der Waals surface area (Å²) in [6, 6.07) is 10.9. The summed E-state index contributed by atoms with van der Waals surface area (Å²) in [7, 11) is 0. The summed E-state index contributed by atoms with van der Waals surface area (Å²) in [6.07, 6.45) is 5.16. The van der Waals surface area contributed by atoms with E-state index < -0.39 is 0 Å². The van der Waals surface area contributed by atoms with Crippen LogP contribution in [0.3, 0.4) is 0 Å². The number of nitrogens with zero attached hydrogens (tertiary/aromatic N) is 4. The van der Waals surface area contributed by atoms with Crippen molar-refractivity contribution in [3.8, 4) is 5.75 Å². The van der Waals surface area contributed by atoms with Crippen molar-refractivity contribution in [2.75, 3.05) is 13.1 Å². The maximum atomic E-state index is 12.6. The second-order valence-corrected chi connectivity index (χ2v) is 6.45. The molecular formula is C18H17ClN4O2. The van der Waals surface area contributed by atoms with E-state index in [2.05, 4.69) is 10.1 Å². The molecule has 0 radical (unpaired) electrons. The van der Waals surface area contributed by atoms with E-state index in [9.17, 15) is 4.79 Å². The molecule has 6 nitrogen and oxygen atoms in total. The number of benzene rings is 1. The number of piperidine rings is 1. The fourth-order valence-corrected chi connectivity index (χ4v) is 3.10. The first-order valence-electron chi connectivity index (χ1n) is 8.21. The zero-order chi connectivity index (χ0) is 17.2. The number of carbonyl (C=O) groups is 1. The number of ether oxygens (including phenoxy) is 1. The molecule has 3 heterocycles. The molecule has 0 aliphatic carbocycles. The van der Waals surface area contributed by atoms with Crippen LogP contribution in [0.2, 0.25) is 5.02 Å². The van der Waals surface area contributed by atoms with Gasteiger partial charge in [-0.2, -0.15) is 5.10 Å². The number of rotatable bonds is 3. The molecule has 4 rings (SSSR count). The van der Waals surface area contributed by atoms with Crippen LogP contribution in [-0.4, -0.2) is 44.6 Å². The molecule has 1 amide bonds. The first kappa shape index (κ1) is 15.9. The van der Waals surface area contributed by atoms with E-state index in [1.165, 1.54) is 0 Å². The highest BCUT2D eigenvalue weighted by Gasteiger charge is 2.26. The average Bonchev–Trinajstić information content (AvgIpc) is 3.08. The van der Waals surface area contributed by atoms with Crippen molar-refractivity contribution < 1.29 is 9.53 Å². The lowest BCUT2D eigenvalue weighted by molar-refractivity contribution is 0.0590. The van der Waals surface area contributed by atoms with Crippen LogP contribution >= 0.6 is 11.6 Å². The maximum absolute atomic E-state index is 12.6. The van der Waals surface area contributed by atoms with Gasteiger partial charge in [-0.25, -0.2) is 9.50 Å². The SMILES string of the molecule is O=C(c1cc2ncccn2n1)N1CCC(Oc2ccc(Cl)cc2)CC1. The maximum Gasteiger partial charge on any atom is 0.274 e. The first-order chi connectivity index (χ1) is 12.2. The van der Waals surface area contributed by atoms with Gasteiger partial charge in [-0.15, -0.1) is 0 Å². The van der Waals surface area contributed by atoms with Crippen molar-refractivity contribution in [3.05, 3.63) is 59.5 Å². The molecular weight excluding hydrogens is 340 g/mol. The van der Waals surface area contributed by atoms with Crippen LogP contribution in [0.25, 0.3) is 5.65 Å². The van der Waals surface area contributed by atoms with Gasteiger partial charge in [0.15, 0.2) is 11.3 Å². The molecule has 25 heavy (non-hydrogen) atoms. The van der Waals surface area contributed by atoms with E-state index in [0.29, 0.717) is 29.5 Å². The summed E-state index contributed by atoms with van der Waals surface area (Å²) in [5.41, 5.74) is 1.10. The van der Waals surface area contributed by atoms with Gasteiger partial charge in [0.25, 0.3) is 5.91 Å². The summed E-state index contributed by atoms with van der Waals surface area (Å²) in [5.74, 6) is 0.746. The van der Waals surface area contributed by atoms with Gasteiger partial charge in [-0.3, -0.25) is 4.79 Å². The molecule has 0 N–H and O–H groups in total. The Balaban J connectivity index is 1.37. The Hall–Kier alpha value is -2.60. The number of carbonyl (C=O) groups excluding carboxylic acids is 1. The van der Waals surface area contributed by atoms with Gasteiger partial charge in [-0.05, 0) is 30.3 Å². The Labute approximate surface area is 150 Å². The standard InChI is InChI=1S/C18H17ClN4O2/c19-13-2-4-14(5-3-13)25-15-6-10-22(11-7-15)18(24)16-12-17-20-8-1-9-23(17)21-16/h1-5,8-9,12,15H,6-7,10-11H2. The van der Waals surface area contributed by atoms with Gasteiger partial charge in [0.2, 0.25) is 0 Å². The van der Waals surface area contributed by atoms with E-state index in [-0.39, 0.29) is 12.0 Å². The fourth-order valence-electron chi connectivity index (χ4n) is 2.98. The molecule has 3 aromatic rings. The smallest absolute Gasteiger partial charge is 0.274 e. The third kappa shape index (κ3) is 3.44. The number of likely N-dealkylation sites (tertiary alicyclic amines) is 1. The number of aromatic nitrogens is 3. The molecule has 0 saturated carbocycles. The lowest BCUT2D eigenvalue weighted by atomic mass is 10.1. The zero-order valence-corrected chi connectivity index (χ0v) is 14.3. The van der Waals surface area contributed by atoms with Gasteiger partial charge < -0.3 is 9.64 Å². The number of halogens is 1. The molecule has 0 unspecified atom stereocenters. The van der Waals surface area contributed by atoms with Gasteiger partial charge >= 0.3 is 0 Å². The van der Waals surface area contributed by atoms with E-state index >= 15 is 0 Å². The molecule has 1 aliphatic heterocycles. The Morgan fingerprint density at radius 2 is 1.96 bits per heavy atom. The fraction of sp³-hybridized carbons (Fsp3) is 0.278. The van der Waals surface area contributed by atoms with Gasteiger partial charge in [0.1, 0.15) is 11.9 Å². The summed E-state index contributed by atoms with van der Waals surface area (Å²) in [6.45, 7) is 1.30. The third-order valence-electron chi connectivity index (χ3n) is 4.30. The first-order valence-corrected chi connectivity index (χ1v) is 8.59. The predicted octanol–water partition coefficient (Wildman–Crippen LogP) is 3.07. The molecule has 1 saturated heterocycles. The molecule has 1 fully saturated rings. The van der Waals surface area contributed by atoms with Crippen LogP contribution in [0.1, 0.15) is 23.3 Å². The Bertz CT molecular complexity index is 852. The number of hydrogen-bond acceptors (Lipinski definition) is 4. The number of amides is 1. The normalized spacial score (nSPS) is 15.5. The van der Waals surface area contributed by atoms with Gasteiger partial charge in [0.05, 0.1) is 0 Å². The lowest BCUT2D eigenvalue weighted by Crippen LogP contribution is -2.41. The van der Waals surface area contributed by atoms with Crippen molar-refractivity contribution in [3.63, 3.8) is 0 Å². The second kappa shape index (κ2) is 6.72. The van der Waals surface area contributed by atoms with Crippen LogP contribution in [0.4, 0.5) is 0 Å². The quantitative estimate of drug-likeness (QED) is 0.723. The summed E-state index contributed by atoms with van der Waals surface area (Å²) < 4.78 is 7.58. The molecule has 1 aliphatic rings. The van der Waals surface area contributed by atoms with Crippen molar-refractivity contribution in [1.82, 2.24) is 19.5 Å². The largest absolute Gasteiger partial charge is 0.490 e. The Morgan fingerprint density at radius 3 is 2.68 bits per heavy atom. The highest BCUT2D eigenvalue weighted by Crippen LogP contribution is 2.22. The van der Waals surface area contributed by atoms with Crippen molar-refractivity contribution in [2.45, 2.75) is 18.9 Å². The minimum absolute atomic E-state index is 0.0598. The topological polar surface area (TPSA) is 59.7 Å². The van der Waals surface area contributed by atoms with Crippen LogP contribution in [-0.2, 0) is 0 Å². The minimum atomic E-state index is -0.0598. The zero-order valence-electron chi connectivity index (χ0n) is 13.5. The third-order valence-corrected chi connectivity index (χ3v) is 4.55. The highest BCUT2D eigenvalue weighted by molar-refractivity contribution is 6.30. The Kier molecular flexibility index (Phi) is 4.28. The molecule has 0 atom stereocenters. The van der Waals surface area contributed by atoms with Crippen molar-refractivity contribution >= 4 is 23.2 Å². The molecule has 128 valence electrons. The predicted molar refractivity (Wildman–Crippen MR) is 94.0 cm³/mol. The average molecular weight is 357 g/mol. The Morgan fingerprint density at radius 1 is 1.20 bits per heavy atom. The molecule has 0 spiro atoms. The minimum Gasteiger partial charge on any atom is -0.490 e. The highest BCUT2D eigenvalue weighted by atomic mass is 35.5. The molecule has 2 aromatic heterocycles. The van der Waals surface area contributed by atoms with Gasteiger partial charge in [-0.1, -0.05) is 11.6 Å². The van der Waals surface area contributed by atoms with Crippen molar-refractivity contribution in [2.24, 2.45) is 0 Å². The monoisotopic (exact) mass is 356 g/mol. The van der Waals surface area contributed by atoms with Crippen LogP contribution in [0, 0.1) is 0 Å².